The monoisotopic (exact) mass is 260 g/mol. The number of ether oxygens (including phenoxy) is 2. The Balaban J connectivity index is 2.17. The number of para-hydroxylation sites is 1. The van der Waals surface area contributed by atoms with E-state index >= 15 is 0 Å². The largest absolute Gasteiger partial charge is 0.354 e. The fourth-order valence-corrected chi connectivity index (χ4v) is 1.83. The minimum Gasteiger partial charge on any atom is -0.354 e. The Morgan fingerprint density at radius 2 is 2.00 bits per heavy atom. The number of nitrogens with one attached hydrogen (secondary N) is 1. The molecule has 0 aliphatic rings. The molecule has 0 radical (unpaired) electrons. The summed E-state index contributed by atoms with van der Waals surface area (Å²) >= 11 is 0. The zero-order valence-corrected chi connectivity index (χ0v) is 10.9. The van der Waals surface area contributed by atoms with Gasteiger partial charge in [-0.2, -0.15) is 0 Å². The van der Waals surface area contributed by atoms with Gasteiger partial charge in [-0.3, -0.25) is 9.78 Å². The lowest BCUT2D eigenvalue weighted by atomic mass is 10.1. The Morgan fingerprint density at radius 1 is 1.26 bits per heavy atom. The first kappa shape index (κ1) is 13.5. The summed E-state index contributed by atoms with van der Waals surface area (Å²) < 4.78 is 10.0. The third kappa shape index (κ3) is 3.07. The molecule has 0 unspecified atom stereocenters. The lowest BCUT2D eigenvalue weighted by Gasteiger charge is -2.14. The van der Waals surface area contributed by atoms with Crippen LogP contribution < -0.4 is 5.32 Å². The molecule has 100 valence electrons. The first-order chi connectivity index (χ1) is 9.26. The molecule has 19 heavy (non-hydrogen) atoms. The maximum Gasteiger partial charge on any atom is 0.252 e. The van der Waals surface area contributed by atoms with Crippen molar-refractivity contribution in [3.63, 3.8) is 0 Å². The maximum absolute atomic E-state index is 12.1. The second-order valence-electron chi connectivity index (χ2n) is 3.99. The predicted octanol–water partition coefficient (Wildman–Crippen LogP) is 1.58. The van der Waals surface area contributed by atoms with E-state index in [-0.39, 0.29) is 5.91 Å². The van der Waals surface area contributed by atoms with Gasteiger partial charge < -0.3 is 14.8 Å². The summed E-state index contributed by atoms with van der Waals surface area (Å²) in [6.45, 7) is 0.294. The molecule has 1 heterocycles. The topological polar surface area (TPSA) is 60.5 Å². The van der Waals surface area contributed by atoms with Gasteiger partial charge in [0.25, 0.3) is 5.91 Å². The number of pyridine rings is 1. The summed E-state index contributed by atoms with van der Waals surface area (Å²) in [7, 11) is 3.06. The highest BCUT2D eigenvalue weighted by atomic mass is 16.7. The van der Waals surface area contributed by atoms with E-state index in [9.17, 15) is 4.79 Å². The number of hydrogen-bond acceptors (Lipinski definition) is 4. The van der Waals surface area contributed by atoms with E-state index < -0.39 is 6.29 Å². The zero-order chi connectivity index (χ0) is 13.7. The first-order valence-corrected chi connectivity index (χ1v) is 5.93. The van der Waals surface area contributed by atoms with E-state index in [0.29, 0.717) is 12.1 Å². The number of rotatable bonds is 5. The minimum atomic E-state index is -0.447. The summed E-state index contributed by atoms with van der Waals surface area (Å²) in [6, 6.07) is 9.23. The van der Waals surface area contributed by atoms with Crippen LogP contribution in [0.5, 0.6) is 0 Å². The molecule has 0 atom stereocenters. The van der Waals surface area contributed by atoms with E-state index in [1.807, 2.05) is 24.3 Å². The van der Waals surface area contributed by atoms with Gasteiger partial charge in [0.15, 0.2) is 6.29 Å². The smallest absolute Gasteiger partial charge is 0.252 e. The molecule has 5 heteroatoms. The average molecular weight is 260 g/mol. The van der Waals surface area contributed by atoms with Crippen LogP contribution >= 0.6 is 0 Å². The summed E-state index contributed by atoms with van der Waals surface area (Å²) in [5, 5.41) is 3.60. The summed E-state index contributed by atoms with van der Waals surface area (Å²) in [5.74, 6) is -0.169. The highest BCUT2D eigenvalue weighted by Crippen LogP contribution is 2.15. The third-order valence-electron chi connectivity index (χ3n) is 2.85. The van der Waals surface area contributed by atoms with Crippen molar-refractivity contribution in [1.29, 1.82) is 0 Å². The van der Waals surface area contributed by atoms with Crippen LogP contribution in [0.2, 0.25) is 0 Å². The van der Waals surface area contributed by atoms with Gasteiger partial charge >= 0.3 is 0 Å². The molecule has 0 aliphatic carbocycles. The predicted molar refractivity (Wildman–Crippen MR) is 71.9 cm³/mol. The number of methoxy groups -OCH3 is 2. The van der Waals surface area contributed by atoms with Crippen molar-refractivity contribution in [2.45, 2.75) is 6.29 Å². The molecular formula is C14H16N2O3. The second kappa shape index (κ2) is 6.26. The van der Waals surface area contributed by atoms with Gasteiger partial charge in [-0.25, -0.2) is 0 Å². The van der Waals surface area contributed by atoms with Gasteiger partial charge in [0, 0.05) is 25.8 Å². The van der Waals surface area contributed by atoms with E-state index in [2.05, 4.69) is 10.3 Å². The summed E-state index contributed by atoms with van der Waals surface area (Å²) in [6.07, 6.45) is 1.18. The number of amides is 1. The Labute approximate surface area is 111 Å². The van der Waals surface area contributed by atoms with Crippen LogP contribution in [-0.4, -0.2) is 37.9 Å². The number of carbonyl (C=O) groups excluding carboxylic acids is 1. The highest BCUT2D eigenvalue weighted by molar-refractivity contribution is 6.05. The molecule has 1 N–H and O–H groups in total. The minimum absolute atomic E-state index is 0.169. The van der Waals surface area contributed by atoms with Crippen LogP contribution in [-0.2, 0) is 9.47 Å². The van der Waals surface area contributed by atoms with Crippen molar-refractivity contribution in [2.24, 2.45) is 0 Å². The van der Waals surface area contributed by atoms with E-state index in [1.165, 1.54) is 14.2 Å². The van der Waals surface area contributed by atoms with E-state index in [4.69, 9.17) is 9.47 Å². The molecule has 0 bridgehead atoms. The zero-order valence-electron chi connectivity index (χ0n) is 10.9. The highest BCUT2D eigenvalue weighted by Gasteiger charge is 2.12. The van der Waals surface area contributed by atoms with Gasteiger partial charge in [-0.1, -0.05) is 18.2 Å². The average Bonchev–Trinajstić information content (AvgIpc) is 2.47. The van der Waals surface area contributed by atoms with Gasteiger partial charge in [-0.05, 0) is 12.1 Å². The third-order valence-corrected chi connectivity index (χ3v) is 2.85. The Hall–Kier alpha value is -1.98. The van der Waals surface area contributed by atoms with E-state index in [0.717, 1.165) is 10.9 Å². The molecule has 1 amide bonds. The van der Waals surface area contributed by atoms with Crippen LogP contribution in [0.3, 0.4) is 0 Å². The lowest BCUT2D eigenvalue weighted by Crippen LogP contribution is -2.34. The Morgan fingerprint density at radius 3 is 2.74 bits per heavy atom. The molecule has 2 rings (SSSR count). The van der Waals surface area contributed by atoms with Crippen LogP contribution in [0, 0.1) is 0 Å². The maximum atomic E-state index is 12.1. The number of aromatic nitrogens is 1. The molecule has 0 fully saturated rings. The SMILES string of the molecule is COC(CNC(=O)c1ccnc2ccccc12)OC. The molecular weight excluding hydrogens is 244 g/mol. The summed E-state index contributed by atoms with van der Waals surface area (Å²) in [5.41, 5.74) is 1.39. The normalized spacial score (nSPS) is 10.9. The van der Waals surface area contributed by atoms with E-state index in [1.54, 1.807) is 12.3 Å². The van der Waals surface area contributed by atoms with Crippen molar-refractivity contribution in [2.75, 3.05) is 20.8 Å². The molecule has 0 aliphatic heterocycles. The molecule has 1 aromatic carbocycles. The molecule has 1 aromatic heterocycles. The first-order valence-electron chi connectivity index (χ1n) is 5.93. The molecule has 0 saturated carbocycles. The van der Waals surface area contributed by atoms with Crippen molar-refractivity contribution >= 4 is 16.8 Å². The molecule has 0 spiro atoms. The molecule has 2 aromatic rings. The van der Waals surface area contributed by atoms with Crippen molar-refractivity contribution in [3.05, 3.63) is 42.1 Å². The number of hydrogen-bond donors (Lipinski definition) is 1. The Bertz CT molecular complexity index is 562. The fourth-order valence-electron chi connectivity index (χ4n) is 1.83. The van der Waals surface area contributed by atoms with Crippen LogP contribution in [0.4, 0.5) is 0 Å². The fraction of sp³-hybridized carbons (Fsp3) is 0.286. The number of carbonyl (C=O) groups is 1. The number of benzene rings is 1. The quantitative estimate of drug-likeness (QED) is 0.829. The van der Waals surface area contributed by atoms with Crippen LogP contribution in [0.15, 0.2) is 36.5 Å². The summed E-state index contributed by atoms with van der Waals surface area (Å²) in [4.78, 5) is 16.4. The van der Waals surface area contributed by atoms with Crippen LogP contribution in [0.1, 0.15) is 10.4 Å². The van der Waals surface area contributed by atoms with Crippen molar-refractivity contribution < 1.29 is 14.3 Å². The lowest BCUT2D eigenvalue weighted by molar-refractivity contribution is -0.0974. The Kier molecular flexibility index (Phi) is 4.43. The number of nitrogens with zero attached hydrogens (tertiary/aromatic N) is 1. The van der Waals surface area contributed by atoms with Gasteiger partial charge in [-0.15, -0.1) is 0 Å². The van der Waals surface area contributed by atoms with Crippen molar-refractivity contribution in [1.82, 2.24) is 10.3 Å². The van der Waals surface area contributed by atoms with Gasteiger partial charge in [0.1, 0.15) is 0 Å². The second-order valence-corrected chi connectivity index (χ2v) is 3.99. The molecule has 0 saturated heterocycles. The van der Waals surface area contributed by atoms with Crippen LogP contribution in [0.25, 0.3) is 10.9 Å². The molecule has 5 nitrogen and oxygen atoms in total. The van der Waals surface area contributed by atoms with Gasteiger partial charge in [0.2, 0.25) is 0 Å². The number of fused-ring (bicyclic) bond motifs is 1. The van der Waals surface area contributed by atoms with Crippen molar-refractivity contribution in [3.8, 4) is 0 Å². The van der Waals surface area contributed by atoms with Gasteiger partial charge in [0.05, 0.1) is 17.6 Å². The standard InChI is InChI=1S/C14H16N2O3/c1-18-13(19-2)9-16-14(17)11-7-8-15-12-6-4-3-5-10(11)12/h3-8,13H,9H2,1-2H3,(H,16,17).